The van der Waals surface area contributed by atoms with E-state index in [0.29, 0.717) is 37.7 Å². The highest BCUT2D eigenvalue weighted by Crippen LogP contribution is 2.32. The Balaban J connectivity index is 1.53. The Morgan fingerprint density at radius 2 is 1.39 bits per heavy atom. The maximum Gasteiger partial charge on any atom is 0.269 e. The first-order valence-electron chi connectivity index (χ1n) is 10.5. The van der Waals surface area contributed by atoms with Crippen molar-refractivity contribution < 1.29 is 8.42 Å². The molecule has 2 aromatic carbocycles. The van der Waals surface area contributed by atoms with E-state index in [9.17, 15) is 13.2 Å². The van der Waals surface area contributed by atoms with E-state index < -0.39 is 10.0 Å². The van der Waals surface area contributed by atoms with E-state index in [0.717, 1.165) is 37.9 Å². The highest BCUT2D eigenvalue weighted by Gasteiger charge is 2.32. The molecular weight excluding hydrogens is 430 g/mol. The third kappa shape index (κ3) is 3.75. The fourth-order valence-corrected chi connectivity index (χ4v) is 7.40. The summed E-state index contributed by atoms with van der Waals surface area (Å²) in [7, 11) is -3.57. The van der Waals surface area contributed by atoms with Crippen molar-refractivity contribution in [3.63, 3.8) is 0 Å². The summed E-state index contributed by atoms with van der Waals surface area (Å²) >= 11 is 1.46. The minimum atomic E-state index is -3.57. The predicted octanol–water partition coefficient (Wildman–Crippen LogP) is 3.57. The van der Waals surface area contributed by atoms with Crippen molar-refractivity contribution in [1.82, 2.24) is 13.2 Å². The number of fused-ring (bicyclic) bond motifs is 1. The number of aromatic nitrogens is 1. The molecule has 0 radical (unpaired) electrons. The van der Waals surface area contributed by atoms with Gasteiger partial charge in [0.05, 0.1) is 21.7 Å². The Morgan fingerprint density at radius 1 is 0.839 bits per heavy atom. The van der Waals surface area contributed by atoms with Crippen LogP contribution in [0.5, 0.6) is 0 Å². The predicted molar refractivity (Wildman–Crippen MR) is 127 cm³/mol. The molecule has 31 heavy (non-hydrogen) atoms. The van der Waals surface area contributed by atoms with Crippen LogP contribution in [0.1, 0.15) is 27.8 Å². The Morgan fingerprint density at radius 3 is 1.97 bits per heavy atom. The molecule has 6 nitrogen and oxygen atoms in total. The number of rotatable bonds is 4. The lowest BCUT2D eigenvalue weighted by Crippen LogP contribution is -2.49. The number of benzene rings is 2. The minimum Gasteiger partial charge on any atom is -0.282 e. The molecule has 2 heterocycles. The molecule has 0 saturated carbocycles. The highest BCUT2D eigenvalue weighted by molar-refractivity contribution is 7.89. The Kier molecular flexibility index (Phi) is 5.85. The van der Waals surface area contributed by atoms with Crippen LogP contribution in [0.3, 0.4) is 0 Å². The van der Waals surface area contributed by atoms with Gasteiger partial charge >= 0.3 is 0 Å². The average Bonchev–Trinajstić information content (AvgIpc) is 3.07. The number of hydrogen-bond donors (Lipinski definition) is 0. The standard InChI is InChI=1S/C23H29N3O3S2/c1-15-16(2)18(4)22(19(5)17(15)3)31(28,29)25-12-10-24(11-13-25)14-26-23(27)20-8-6-7-9-21(20)30-26/h6-9H,10-14H2,1-5H3. The van der Waals surface area contributed by atoms with E-state index in [1.54, 1.807) is 8.26 Å². The van der Waals surface area contributed by atoms with Gasteiger partial charge in [-0.3, -0.25) is 9.69 Å². The number of piperazine rings is 1. The Hall–Kier alpha value is -2.00. The van der Waals surface area contributed by atoms with Crippen LogP contribution in [0.15, 0.2) is 34.0 Å². The van der Waals surface area contributed by atoms with Crippen molar-refractivity contribution in [3.05, 3.63) is 62.4 Å². The largest absolute Gasteiger partial charge is 0.282 e. The average molecular weight is 460 g/mol. The molecule has 0 spiro atoms. The van der Waals surface area contributed by atoms with E-state index in [2.05, 4.69) is 11.8 Å². The zero-order chi connectivity index (χ0) is 22.5. The fourth-order valence-electron chi connectivity index (χ4n) is 4.39. The molecular formula is C23H29N3O3S2. The van der Waals surface area contributed by atoms with Gasteiger partial charge in [0.1, 0.15) is 0 Å². The molecule has 0 atom stereocenters. The minimum absolute atomic E-state index is 0.0208. The van der Waals surface area contributed by atoms with Crippen molar-refractivity contribution in [1.29, 1.82) is 0 Å². The van der Waals surface area contributed by atoms with Gasteiger partial charge < -0.3 is 0 Å². The molecule has 0 bridgehead atoms. The lowest BCUT2D eigenvalue weighted by molar-refractivity contribution is 0.156. The molecule has 1 saturated heterocycles. The van der Waals surface area contributed by atoms with Gasteiger partial charge in [-0.15, -0.1) is 0 Å². The summed E-state index contributed by atoms with van der Waals surface area (Å²) < 4.78 is 31.4. The quantitative estimate of drug-likeness (QED) is 0.598. The summed E-state index contributed by atoms with van der Waals surface area (Å²) in [6.07, 6.45) is 0. The molecule has 1 fully saturated rings. The second kappa shape index (κ2) is 8.16. The zero-order valence-corrected chi connectivity index (χ0v) is 20.4. The van der Waals surface area contributed by atoms with Gasteiger partial charge in [-0.25, -0.2) is 12.4 Å². The summed E-state index contributed by atoms with van der Waals surface area (Å²) in [6.45, 7) is 12.4. The van der Waals surface area contributed by atoms with E-state index in [4.69, 9.17) is 0 Å². The zero-order valence-electron chi connectivity index (χ0n) is 18.7. The van der Waals surface area contributed by atoms with Crippen LogP contribution in [-0.2, 0) is 16.7 Å². The Bertz CT molecular complexity index is 1280. The number of nitrogens with zero attached hydrogens (tertiary/aromatic N) is 3. The van der Waals surface area contributed by atoms with Gasteiger partial charge in [0, 0.05) is 26.2 Å². The van der Waals surface area contributed by atoms with Crippen LogP contribution in [0, 0.1) is 34.6 Å². The lowest BCUT2D eigenvalue weighted by atomic mass is 9.95. The van der Waals surface area contributed by atoms with Gasteiger partial charge in [0.2, 0.25) is 10.0 Å². The first-order chi connectivity index (χ1) is 14.6. The van der Waals surface area contributed by atoms with E-state index in [1.807, 2.05) is 52.0 Å². The van der Waals surface area contributed by atoms with Crippen molar-refractivity contribution >= 4 is 31.6 Å². The van der Waals surface area contributed by atoms with Gasteiger partial charge in [0.15, 0.2) is 0 Å². The first kappa shape index (κ1) is 22.2. The number of hydrogen-bond acceptors (Lipinski definition) is 5. The summed E-state index contributed by atoms with van der Waals surface area (Å²) in [5.41, 5.74) is 4.97. The van der Waals surface area contributed by atoms with Crippen LogP contribution in [-0.4, -0.2) is 47.8 Å². The van der Waals surface area contributed by atoms with Gasteiger partial charge in [-0.2, -0.15) is 4.31 Å². The van der Waals surface area contributed by atoms with Gasteiger partial charge in [0.25, 0.3) is 5.56 Å². The topological polar surface area (TPSA) is 62.6 Å². The molecule has 8 heteroatoms. The highest BCUT2D eigenvalue weighted by atomic mass is 32.2. The van der Waals surface area contributed by atoms with E-state index in [-0.39, 0.29) is 5.56 Å². The molecule has 0 amide bonds. The molecule has 4 rings (SSSR count). The summed E-state index contributed by atoms with van der Waals surface area (Å²) in [6, 6.07) is 7.62. The maximum atomic E-state index is 13.5. The molecule has 0 aliphatic carbocycles. The van der Waals surface area contributed by atoms with Crippen LogP contribution >= 0.6 is 11.5 Å². The van der Waals surface area contributed by atoms with Crippen molar-refractivity contribution in [3.8, 4) is 0 Å². The first-order valence-corrected chi connectivity index (χ1v) is 12.7. The van der Waals surface area contributed by atoms with Crippen LogP contribution in [0.25, 0.3) is 10.1 Å². The fraction of sp³-hybridized carbons (Fsp3) is 0.435. The second-order valence-electron chi connectivity index (χ2n) is 8.39. The van der Waals surface area contributed by atoms with E-state index in [1.165, 1.54) is 11.5 Å². The molecule has 0 unspecified atom stereocenters. The summed E-state index contributed by atoms with van der Waals surface area (Å²) in [4.78, 5) is 15.2. The molecule has 166 valence electrons. The summed E-state index contributed by atoms with van der Waals surface area (Å²) in [5, 5.41) is 0.741. The smallest absolute Gasteiger partial charge is 0.269 e. The van der Waals surface area contributed by atoms with Crippen LogP contribution < -0.4 is 5.56 Å². The molecule has 0 N–H and O–H groups in total. The summed E-state index contributed by atoms with van der Waals surface area (Å²) in [5.74, 6) is 0. The van der Waals surface area contributed by atoms with Crippen LogP contribution in [0.2, 0.25) is 0 Å². The molecule has 3 aromatic rings. The van der Waals surface area contributed by atoms with E-state index >= 15 is 0 Å². The normalized spacial score (nSPS) is 16.3. The van der Waals surface area contributed by atoms with Gasteiger partial charge in [-0.05, 0) is 74.6 Å². The van der Waals surface area contributed by atoms with Crippen LogP contribution in [0.4, 0.5) is 0 Å². The van der Waals surface area contributed by atoms with Crippen molar-refractivity contribution in [2.24, 2.45) is 0 Å². The second-order valence-corrected chi connectivity index (χ2v) is 11.3. The Labute approximate surface area is 187 Å². The lowest BCUT2D eigenvalue weighted by Gasteiger charge is -2.34. The third-order valence-electron chi connectivity index (χ3n) is 6.74. The third-order valence-corrected chi connectivity index (χ3v) is 9.97. The maximum absolute atomic E-state index is 13.5. The molecule has 1 aliphatic heterocycles. The molecule has 1 aliphatic rings. The van der Waals surface area contributed by atoms with Gasteiger partial charge in [-0.1, -0.05) is 23.7 Å². The van der Waals surface area contributed by atoms with Crippen molar-refractivity contribution in [2.75, 3.05) is 26.2 Å². The van der Waals surface area contributed by atoms with Crippen molar-refractivity contribution in [2.45, 2.75) is 46.2 Å². The monoisotopic (exact) mass is 459 g/mol. The molecule has 1 aromatic heterocycles. The number of sulfonamides is 1. The SMILES string of the molecule is Cc1c(C)c(C)c(S(=O)(=O)N2CCN(Cn3sc4ccccc4c3=O)CC2)c(C)c1C.